The van der Waals surface area contributed by atoms with E-state index < -0.39 is 10.0 Å². The number of aromatic nitrogens is 2. The Morgan fingerprint density at radius 3 is 2.41 bits per heavy atom. The lowest BCUT2D eigenvalue weighted by Gasteiger charge is -2.34. The second-order valence-electron chi connectivity index (χ2n) is 8.37. The zero-order chi connectivity index (χ0) is 22.3. The maximum atomic E-state index is 13.2. The number of benzene rings is 2. The number of hydrogen-bond donors (Lipinski definition) is 0. The van der Waals surface area contributed by atoms with Crippen LogP contribution in [0.15, 0.2) is 59.6 Å². The Hall–Kier alpha value is -2.97. The highest BCUT2D eigenvalue weighted by molar-refractivity contribution is 7.89. The molecule has 0 saturated carbocycles. The molecule has 2 aromatic carbocycles. The molecule has 2 heterocycles. The third-order valence-electron chi connectivity index (χ3n) is 6.47. The van der Waals surface area contributed by atoms with E-state index in [-0.39, 0.29) is 19.0 Å². The van der Waals surface area contributed by atoms with Gasteiger partial charge in [-0.2, -0.15) is 9.40 Å². The van der Waals surface area contributed by atoms with Gasteiger partial charge in [0.1, 0.15) is 0 Å². The minimum Gasteiger partial charge on any atom is -0.336 e. The molecule has 3 aromatic rings. The first-order valence-electron chi connectivity index (χ1n) is 11.0. The van der Waals surface area contributed by atoms with E-state index in [2.05, 4.69) is 5.10 Å². The van der Waals surface area contributed by atoms with Gasteiger partial charge in [0, 0.05) is 26.2 Å². The molecular weight excluding hydrogens is 424 g/mol. The van der Waals surface area contributed by atoms with Crippen molar-refractivity contribution in [2.75, 3.05) is 26.2 Å². The second-order valence-corrected chi connectivity index (χ2v) is 10.3. The van der Waals surface area contributed by atoms with E-state index in [0.717, 1.165) is 36.2 Å². The molecule has 1 amide bonds. The summed E-state index contributed by atoms with van der Waals surface area (Å²) in [5, 5.41) is 4.39. The van der Waals surface area contributed by atoms with Gasteiger partial charge in [-0.25, -0.2) is 13.1 Å². The number of carbonyl (C=O) groups excluding carboxylic acids is 1. The first kappa shape index (κ1) is 20.9. The van der Waals surface area contributed by atoms with E-state index in [1.165, 1.54) is 9.87 Å². The molecule has 0 spiro atoms. The number of aryl methyl sites for hydroxylation is 2. The van der Waals surface area contributed by atoms with Crippen molar-refractivity contribution in [2.45, 2.75) is 31.1 Å². The van der Waals surface area contributed by atoms with E-state index in [0.29, 0.717) is 23.5 Å². The summed E-state index contributed by atoms with van der Waals surface area (Å²) in [6.45, 7) is 3.17. The van der Waals surface area contributed by atoms with Gasteiger partial charge in [-0.05, 0) is 61.6 Å². The average Bonchev–Trinajstić information content (AvgIpc) is 3.45. The molecule has 7 nitrogen and oxygen atoms in total. The Kier molecular flexibility index (Phi) is 5.35. The van der Waals surface area contributed by atoms with Crippen molar-refractivity contribution in [3.05, 3.63) is 77.1 Å². The third-order valence-corrected chi connectivity index (χ3v) is 8.37. The molecule has 1 fully saturated rings. The lowest BCUT2D eigenvalue weighted by molar-refractivity contribution is 0.0697. The summed E-state index contributed by atoms with van der Waals surface area (Å²) in [7, 11) is -3.56. The largest absolute Gasteiger partial charge is 0.336 e. The van der Waals surface area contributed by atoms with Crippen LogP contribution in [0.5, 0.6) is 0 Å². The standard InChI is InChI=1S/C24H26N4O3S/c1-18-23(17-25-28(18)21-8-3-2-4-9-21)24(29)26-12-14-27(15-13-26)32(30,31)22-11-10-19-6-5-7-20(19)16-22/h2-4,8-11,16-17H,5-7,12-15H2,1H3. The van der Waals surface area contributed by atoms with Gasteiger partial charge in [0.05, 0.1) is 28.0 Å². The zero-order valence-electron chi connectivity index (χ0n) is 18.1. The maximum absolute atomic E-state index is 13.2. The average molecular weight is 451 g/mol. The number of nitrogens with zero attached hydrogens (tertiary/aromatic N) is 4. The van der Waals surface area contributed by atoms with Crippen molar-refractivity contribution >= 4 is 15.9 Å². The summed E-state index contributed by atoms with van der Waals surface area (Å²) in [5.41, 5.74) is 4.61. The monoisotopic (exact) mass is 450 g/mol. The van der Waals surface area contributed by atoms with Crippen molar-refractivity contribution in [2.24, 2.45) is 0 Å². The Morgan fingerprint density at radius 2 is 1.66 bits per heavy atom. The van der Waals surface area contributed by atoms with Crippen LogP contribution in [0.25, 0.3) is 5.69 Å². The molecule has 1 aliphatic heterocycles. The highest BCUT2D eigenvalue weighted by atomic mass is 32.2. The number of sulfonamides is 1. The Labute approximate surface area is 188 Å². The molecule has 0 unspecified atom stereocenters. The molecule has 1 saturated heterocycles. The molecule has 166 valence electrons. The van der Waals surface area contributed by atoms with Gasteiger partial charge in [0.15, 0.2) is 0 Å². The van der Waals surface area contributed by atoms with Crippen LogP contribution in [0, 0.1) is 6.92 Å². The molecule has 32 heavy (non-hydrogen) atoms. The Bertz CT molecular complexity index is 1260. The molecule has 5 rings (SSSR count). The smallest absolute Gasteiger partial charge is 0.257 e. The van der Waals surface area contributed by atoms with Crippen LogP contribution in [0.4, 0.5) is 0 Å². The number of para-hydroxylation sites is 1. The summed E-state index contributed by atoms with van der Waals surface area (Å²) >= 11 is 0. The molecule has 0 N–H and O–H groups in total. The van der Waals surface area contributed by atoms with E-state index in [4.69, 9.17) is 0 Å². The quantitative estimate of drug-likeness (QED) is 0.613. The van der Waals surface area contributed by atoms with Gasteiger partial charge in [0.2, 0.25) is 10.0 Å². The first-order valence-corrected chi connectivity index (χ1v) is 12.4. The van der Waals surface area contributed by atoms with Gasteiger partial charge in [-0.15, -0.1) is 0 Å². The number of carbonyl (C=O) groups is 1. The SMILES string of the molecule is Cc1c(C(=O)N2CCN(S(=O)(=O)c3ccc4c(c3)CCC4)CC2)cnn1-c1ccccc1. The number of piperazine rings is 1. The predicted molar refractivity (Wildman–Crippen MR) is 121 cm³/mol. The van der Waals surface area contributed by atoms with Crippen molar-refractivity contribution in [1.29, 1.82) is 0 Å². The van der Waals surface area contributed by atoms with Crippen molar-refractivity contribution in [3.8, 4) is 5.69 Å². The maximum Gasteiger partial charge on any atom is 0.257 e. The fourth-order valence-corrected chi connectivity index (χ4v) is 6.08. The van der Waals surface area contributed by atoms with Crippen LogP contribution in [-0.2, 0) is 22.9 Å². The van der Waals surface area contributed by atoms with Crippen molar-refractivity contribution < 1.29 is 13.2 Å². The number of rotatable bonds is 4. The normalized spacial score (nSPS) is 16.8. The Morgan fingerprint density at radius 1 is 0.938 bits per heavy atom. The third kappa shape index (κ3) is 3.63. The fourth-order valence-electron chi connectivity index (χ4n) is 4.61. The number of fused-ring (bicyclic) bond motifs is 1. The summed E-state index contributed by atoms with van der Waals surface area (Å²) in [6.07, 6.45) is 4.64. The second kappa shape index (κ2) is 8.18. The van der Waals surface area contributed by atoms with Gasteiger partial charge in [-0.1, -0.05) is 24.3 Å². The fraction of sp³-hybridized carbons (Fsp3) is 0.333. The summed E-state index contributed by atoms with van der Waals surface area (Å²) in [4.78, 5) is 15.2. The van der Waals surface area contributed by atoms with Crippen LogP contribution in [0.1, 0.15) is 33.6 Å². The summed E-state index contributed by atoms with van der Waals surface area (Å²) in [5.74, 6) is -0.112. The van der Waals surface area contributed by atoms with Crippen molar-refractivity contribution in [1.82, 2.24) is 19.0 Å². The van der Waals surface area contributed by atoms with Crippen LogP contribution < -0.4 is 0 Å². The minimum absolute atomic E-state index is 0.112. The molecule has 2 aliphatic rings. The highest BCUT2D eigenvalue weighted by Crippen LogP contribution is 2.27. The van der Waals surface area contributed by atoms with E-state index in [1.54, 1.807) is 21.8 Å². The number of amides is 1. The summed E-state index contributed by atoms with van der Waals surface area (Å²) in [6, 6.07) is 15.2. The topological polar surface area (TPSA) is 75.5 Å². The van der Waals surface area contributed by atoms with Gasteiger partial charge >= 0.3 is 0 Å². The van der Waals surface area contributed by atoms with Gasteiger partial charge in [-0.3, -0.25) is 4.79 Å². The predicted octanol–water partition coefficient (Wildman–Crippen LogP) is 2.82. The number of hydrogen-bond acceptors (Lipinski definition) is 4. The van der Waals surface area contributed by atoms with E-state index in [9.17, 15) is 13.2 Å². The van der Waals surface area contributed by atoms with Gasteiger partial charge < -0.3 is 4.90 Å². The molecule has 1 aliphatic carbocycles. The molecule has 0 atom stereocenters. The van der Waals surface area contributed by atoms with Crippen LogP contribution >= 0.6 is 0 Å². The Balaban J connectivity index is 1.29. The van der Waals surface area contributed by atoms with Gasteiger partial charge in [0.25, 0.3) is 5.91 Å². The van der Waals surface area contributed by atoms with Crippen LogP contribution in [0.2, 0.25) is 0 Å². The highest BCUT2D eigenvalue weighted by Gasteiger charge is 2.32. The molecular formula is C24H26N4O3S. The minimum atomic E-state index is -3.56. The molecule has 0 bridgehead atoms. The molecule has 8 heteroatoms. The zero-order valence-corrected chi connectivity index (χ0v) is 18.9. The first-order chi connectivity index (χ1) is 15.4. The lowest BCUT2D eigenvalue weighted by Crippen LogP contribution is -2.50. The van der Waals surface area contributed by atoms with E-state index in [1.807, 2.05) is 49.4 Å². The van der Waals surface area contributed by atoms with E-state index >= 15 is 0 Å². The molecule has 0 radical (unpaired) electrons. The lowest BCUT2D eigenvalue weighted by atomic mass is 10.1. The van der Waals surface area contributed by atoms with Crippen LogP contribution in [-0.4, -0.2) is 59.5 Å². The summed E-state index contributed by atoms with van der Waals surface area (Å²) < 4.78 is 29.6. The van der Waals surface area contributed by atoms with Crippen molar-refractivity contribution in [3.63, 3.8) is 0 Å². The molecule has 1 aromatic heterocycles. The van der Waals surface area contributed by atoms with Crippen LogP contribution in [0.3, 0.4) is 0 Å².